The summed E-state index contributed by atoms with van der Waals surface area (Å²) in [7, 11) is 0. The Bertz CT molecular complexity index is 272. The van der Waals surface area contributed by atoms with Crippen LogP contribution in [0.1, 0.15) is 33.8 Å². The lowest BCUT2D eigenvalue weighted by Gasteiger charge is -2.21. The van der Waals surface area contributed by atoms with Gasteiger partial charge >= 0.3 is 0 Å². The van der Waals surface area contributed by atoms with Crippen molar-refractivity contribution in [1.82, 2.24) is 0 Å². The largest absolute Gasteiger partial charge is 0.299 e. The van der Waals surface area contributed by atoms with E-state index in [1.54, 1.807) is 6.92 Å². The second kappa shape index (κ2) is 4.22. The molecule has 0 N–H and O–H groups in total. The number of hydrogen-bond acceptors (Lipinski definition) is 1. The van der Waals surface area contributed by atoms with Crippen LogP contribution in [0.2, 0.25) is 0 Å². The number of rotatable bonds is 2. The summed E-state index contributed by atoms with van der Waals surface area (Å²) in [4.78, 5) is 11.3. The predicted molar refractivity (Wildman–Crippen MR) is 56.9 cm³/mol. The van der Waals surface area contributed by atoms with Crippen LogP contribution < -0.4 is 0 Å². The van der Waals surface area contributed by atoms with Crippen molar-refractivity contribution in [1.29, 1.82) is 0 Å². The van der Waals surface area contributed by atoms with E-state index in [-0.39, 0.29) is 18.6 Å². The highest BCUT2D eigenvalue weighted by molar-refractivity contribution is 5.86. The van der Waals surface area contributed by atoms with E-state index >= 15 is 0 Å². The van der Waals surface area contributed by atoms with Crippen LogP contribution in [-0.4, -0.2) is 5.78 Å². The third-order valence-electron chi connectivity index (χ3n) is 2.38. The number of benzene rings is 1. The van der Waals surface area contributed by atoms with Crippen LogP contribution in [0.5, 0.6) is 0 Å². The SMILES string of the molecule is C.CC(=O)C(C)(C)c1ccccc1. The predicted octanol–water partition coefficient (Wildman–Crippen LogP) is 3.19. The van der Waals surface area contributed by atoms with Crippen LogP contribution in [0.4, 0.5) is 0 Å². The molecule has 72 valence electrons. The lowest BCUT2D eigenvalue weighted by molar-refractivity contribution is -0.121. The quantitative estimate of drug-likeness (QED) is 0.679. The lowest BCUT2D eigenvalue weighted by Crippen LogP contribution is -2.26. The van der Waals surface area contributed by atoms with Gasteiger partial charge in [-0.1, -0.05) is 37.8 Å². The van der Waals surface area contributed by atoms with Gasteiger partial charge in [0.15, 0.2) is 0 Å². The van der Waals surface area contributed by atoms with Gasteiger partial charge in [-0.05, 0) is 26.3 Å². The van der Waals surface area contributed by atoms with E-state index in [1.165, 1.54) is 0 Å². The molecule has 0 aromatic heterocycles. The minimum absolute atomic E-state index is 0. The number of ketones is 1. The maximum atomic E-state index is 11.3. The highest BCUT2D eigenvalue weighted by Gasteiger charge is 2.25. The first-order valence-corrected chi connectivity index (χ1v) is 4.11. The van der Waals surface area contributed by atoms with Gasteiger partial charge in [-0.2, -0.15) is 0 Å². The summed E-state index contributed by atoms with van der Waals surface area (Å²) in [6.45, 7) is 5.53. The summed E-state index contributed by atoms with van der Waals surface area (Å²) in [5.74, 6) is 0.203. The van der Waals surface area contributed by atoms with Crippen molar-refractivity contribution in [2.24, 2.45) is 0 Å². The van der Waals surface area contributed by atoms with E-state index in [0.29, 0.717) is 0 Å². The standard InChI is InChI=1S/C11H14O.CH4/c1-9(12)11(2,3)10-7-5-4-6-8-10;/h4-8H,1-3H3;1H4. The molecular weight excluding hydrogens is 160 g/mol. The van der Waals surface area contributed by atoms with Crippen LogP contribution >= 0.6 is 0 Å². The molecule has 0 atom stereocenters. The van der Waals surface area contributed by atoms with Crippen molar-refractivity contribution >= 4 is 5.78 Å². The maximum Gasteiger partial charge on any atom is 0.139 e. The van der Waals surface area contributed by atoms with Crippen LogP contribution in [0.25, 0.3) is 0 Å². The van der Waals surface area contributed by atoms with Gasteiger partial charge in [0.05, 0.1) is 0 Å². The fourth-order valence-corrected chi connectivity index (χ4v) is 1.06. The second-order valence-electron chi connectivity index (χ2n) is 3.55. The fourth-order valence-electron chi connectivity index (χ4n) is 1.06. The first-order valence-electron chi connectivity index (χ1n) is 4.11. The molecule has 1 aromatic carbocycles. The summed E-state index contributed by atoms with van der Waals surface area (Å²) in [5, 5.41) is 0. The van der Waals surface area contributed by atoms with Gasteiger partial charge in [0, 0.05) is 5.41 Å². The molecule has 0 aliphatic carbocycles. The Morgan fingerprint density at radius 2 is 1.62 bits per heavy atom. The van der Waals surface area contributed by atoms with Crippen LogP contribution in [0.3, 0.4) is 0 Å². The van der Waals surface area contributed by atoms with Gasteiger partial charge in [-0.3, -0.25) is 4.79 Å². The van der Waals surface area contributed by atoms with Crippen LogP contribution in [0.15, 0.2) is 30.3 Å². The van der Waals surface area contributed by atoms with E-state index < -0.39 is 0 Å². The highest BCUT2D eigenvalue weighted by Crippen LogP contribution is 2.23. The van der Waals surface area contributed by atoms with Crippen molar-refractivity contribution in [2.45, 2.75) is 33.6 Å². The third kappa shape index (κ3) is 2.41. The van der Waals surface area contributed by atoms with Crippen LogP contribution in [0, 0.1) is 0 Å². The number of hydrogen-bond donors (Lipinski definition) is 0. The summed E-state index contributed by atoms with van der Waals surface area (Å²) in [5.41, 5.74) is 0.735. The van der Waals surface area contributed by atoms with E-state index in [0.717, 1.165) is 5.56 Å². The third-order valence-corrected chi connectivity index (χ3v) is 2.38. The lowest BCUT2D eigenvalue weighted by atomic mass is 9.81. The molecule has 0 spiro atoms. The summed E-state index contributed by atoms with van der Waals surface area (Å²) >= 11 is 0. The molecule has 1 heteroatoms. The average Bonchev–Trinajstić information content (AvgIpc) is 2.06. The van der Waals surface area contributed by atoms with Gasteiger partial charge in [-0.25, -0.2) is 0 Å². The fraction of sp³-hybridized carbons (Fsp3) is 0.417. The molecule has 0 saturated carbocycles. The Labute approximate surface area is 80.8 Å². The molecule has 1 aromatic rings. The number of Topliss-reactive ketones (excluding diaryl/α,β-unsaturated/α-hetero) is 1. The normalized spacial score (nSPS) is 10.4. The van der Waals surface area contributed by atoms with Crippen molar-refractivity contribution in [3.05, 3.63) is 35.9 Å². The zero-order valence-electron chi connectivity index (χ0n) is 7.79. The maximum absolute atomic E-state index is 11.3. The van der Waals surface area contributed by atoms with Crippen LogP contribution in [-0.2, 0) is 10.2 Å². The molecule has 0 aliphatic heterocycles. The Kier molecular flexibility index (Phi) is 3.86. The van der Waals surface area contributed by atoms with Gasteiger partial charge in [0.25, 0.3) is 0 Å². The smallest absolute Gasteiger partial charge is 0.139 e. The van der Waals surface area contributed by atoms with Gasteiger partial charge in [0.1, 0.15) is 5.78 Å². The van der Waals surface area contributed by atoms with Crippen molar-refractivity contribution in [3.63, 3.8) is 0 Å². The van der Waals surface area contributed by atoms with E-state index in [4.69, 9.17) is 0 Å². The molecule has 13 heavy (non-hydrogen) atoms. The molecule has 0 fully saturated rings. The monoisotopic (exact) mass is 178 g/mol. The molecule has 0 radical (unpaired) electrons. The minimum Gasteiger partial charge on any atom is -0.299 e. The Balaban J connectivity index is 0.00000144. The minimum atomic E-state index is -0.346. The highest BCUT2D eigenvalue weighted by atomic mass is 16.1. The molecule has 0 saturated heterocycles. The molecule has 0 amide bonds. The van der Waals surface area contributed by atoms with E-state index in [1.807, 2.05) is 44.2 Å². The molecule has 1 nitrogen and oxygen atoms in total. The summed E-state index contributed by atoms with van der Waals surface area (Å²) < 4.78 is 0. The number of carbonyl (C=O) groups excluding carboxylic acids is 1. The first kappa shape index (κ1) is 11.9. The Morgan fingerprint density at radius 3 is 2.00 bits per heavy atom. The molecule has 0 aliphatic rings. The van der Waals surface area contributed by atoms with E-state index in [9.17, 15) is 4.79 Å². The molecule has 0 unspecified atom stereocenters. The zero-order valence-corrected chi connectivity index (χ0v) is 7.79. The average molecular weight is 178 g/mol. The molecule has 1 rings (SSSR count). The topological polar surface area (TPSA) is 17.1 Å². The summed E-state index contributed by atoms with van der Waals surface area (Å²) in [6.07, 6.45) is 0. The molecule has 0 heterocycles. The first-order chi connectivity index (χ1) is 5.55. The van der Waals surface area contributed by atoms with Gasteiger partial charge in [0.2, 0.25) is 0 Å². The zero-order chi connectivity index (χ0) is 9.19. The Hall–Kier alpha value is -1.11. The van der Waals surface area contributed by atoms with Crippen molar-refractivity contribution in [3.8, 4) is 0 Å². The molecule has 0 bridgehead atoms. The van der Waals surface area contributed by atoms with Gasteiger partial charge in [-0.15, -0.1) is 0 Å². The van der Waals surface area contributed by atoms with E-state index in [2.05, 4.69) is 0 Å². The number of carbonyl (C=O) groups is 1. The summed E-state index contributed by atoms with van der Waals surface area (Å²) in [6, 6.07) is 9.85. The van der Waals surface area contributed by atoms with Crippen molar-refractivity contribution in [2.75, 3.05) is 0 Å². The second-order valence-corrected chi connectivity index (χ2v) is 3.55. The molecular formula is C12H18O. The Morgan fingerprint density at radius 1 is 1.15 bits per heavy atom. The van der Waals surface area contributed by atoms with Crippen molar-refractivity contribution < 1.29 is 4.79 Å². The van der Waals surface area contributed by atoms with Gasteiger partial charge < -0.3 is 0 Å².